The first kappa shape index (κ1) is 13.9. The molecule has 2 aliphatic rings. The molecule has 0 radical (unpaired) electrons. The fraction of sp³-hybridized carbons (Fsp3) is 0.667. The van der Waals surface area contributed by atoms with Gasteiger partial charge in [-0.25, -0.2) is 0 Å². The first-order valence-electron chi connectivity index (χ1n) is 7.54. The minimum atomic E-state index is 0.501. The van der Waals surface area contributed by atoms with Gasteiger partial charge in [0.2, 0.25) is 0 Å². The van der Waals surface area contributed by atoms with Crippen LogP contribution < -0.4 is 11.1 Å². The van der Waals surface area contributed by atoms with Crippen LogP contribution in [0.15, 0.2) is 22.5 Å². The highest BCUT2D eigenvalue weighted by atomic mass is 32.1. The third-order valence-corrected chi connectivity index (χ3v) is 5.21. The molecular weight excluding hydrogens is 268 g/mol. The minimum absolute atomic E-state index is 0.501. The molecule has 2 fully saturated rings. The summed E-state index contributed by atoms with van der Waals surface area (Å²) < 4.78 is 0. The summed E-state index contributed by atoms with van der Waals surface area (Å²) in [6.45, 7) is 2.01. The van der Waals surface area contributed by atoms with E-state index in [0.29, 0.717) is 24.0 Å². The van der Waals surface area contributed by atoms with E-state index in [0.717, 1.165) is 6.54 Å². The molecule has 2 unspecified atom stereocenters. The largest absolute Gasteiger partial charge is 0.370 e. The molecule has 3 N–H and O–H groups in total. The van der Waals surface area contributed by atoms with Crippen LogP contribution in [0.3, 0.4) is 0 Å². The van der Waals surface area contributed by atoms with E-state index in [2.05, 4.69) is 39.8 Å². The molecular formula is C15H24N4S. The summed E-state index contributed by atoms with van der Waals surface area (Å²) in [6.07, 6.45) is 4.97. The number of nitrogens with two attached hydrogens (primary N) is 1. The Morgan fingerprint density at radius 2 is 2.35 bits per heavy atom. The van der Waals surface area contributed by atoms with Crippen molar-refractivity contribution in [2.45, 2.75) is 37.8 Å². The van der Waals surface area contributed by atoms with Crippen molar-refractivity contribution in [3.8, 4) is 0 Å². The summed E-state index contributed by atoms with van der Waals surface area (Å²) in [5.41, 5.74) is 5.96. The van der Waals surface area contributed by atoms with Gasteiger partial charge in [0.15, 0.2) is 5.96 Å². The van der Waals surface area contributed by atoms with Gasteiger partial charge in [-0.2, -0.15) is 0 Å². The van der Waals surface area contributed by atoms with Gasteiger partial charge in [-0.3, -0.25) is 9.89 Å². The molecule has 1 aliphatic heterocycles. The molecule has 20 heavy (non-hydrogen) atoms. The highest BCUT2D eigenvalue weighted by molar-refractivity contribution is 7.10. The standard InChI is InChI=1S/C15H24N4S/c1-19-8-2-4-11(14(19)13-5-3-9-20-13)10-17-15(16)18-12-6-7-12/h3,5,9,11-12,14H,2,4,6-8,10H2,1H3,(H3,16,17,18). The van der Waals surface area contributed by atoms with Crippen LogP contribution in [0.2, 0.25) is 0 Å². The number of thiophene rings is 1. The van der Waals surface area contributed by atoms with E-state index in [4.69, 9.17) is 5.73 Å². The van der Waals surface area contributed by atoms with Crippen molar-refractivity contribution in [2.75, 3.05) is 20.1 Å². The van der Waals surface area contributed by atoms with Crippen molar-refractivity contribution in [2.24, 2.45) is 16.6 Å². The van der Waals surface area contributed by atoms with Crippen molar-refractivity contribution in [1.82, 2.24) is 10.2 Å². The number of likely N-dealkylation sites (tertiary alicyclic amines) is 1. The highest BCUT2D eigenvalue weighted by Gasteiger charge is 2.31. The average molecular weight is 292 g/mol. The zero-order valence-electron chi connectivity index (χ0n) is 12.1. The average Bonchev–Trinajstić information content (AvgIpc) is 3.07. The molecule has 1 saturated heterocycles. The molecule has 0 aromatic carbocycles. The molecule has 1 aliphatic carbocycles. The second-order valence-electron chi connectivity index (χ2n) is 5.99. The van der Waals surface area contributed by atoms with Crippen molar-refractivity contribution in [1.29, 1.82) is 0 Å². The van der Waals surface area contributed by atoms with Crippen LogP contribution in [0, 0.1) is 5.92 Å². The lowest BCUT2D eigenvalue weighted by atomic mass is 9.88. The summed E-state index contributed by atoms with van der Waals surface area (Å²) in [6, 6.07) is 5.48. The Morgan fingerprint density at radius 3 is 3.05 bits per heavy atom. The summed E-state index contributed by atoms with van der Waals surface area (Å²) in [5.74, 6) is 1.21. The Bertz CT molecular complexity index is 452. The Morgan fingerprint density at radius 1 is 1.50 bits per heavy atom. The third-order valence-electron chi connectivity index (χ3n) is 4.27. The zero-order valence-corrected chi connectivity index (χ0v) is 12.9. The number of nitrogens with zero attached hydrogens (tertiary/aromatic N) is 2. The lowest BCUT2D eigenvalue weighted by Crippen LogP contribution is -2.38. The van der Waals surface area contributed by atoms with Crippen LogP contribution in [0.1, 0.15) is 36.6 Å². The Balaban J connectivity index is 1.65. The fourth-order valence-corrected chi connectivity index (χ4v) is 4.04. The van der Waals surface area contributed by atoms with E-state index < -0.39 is 0 Å². The van der Waals surface area contributed by atoms with Crippen molar-refractivity contribution >= 4 is 17.3 Å². The van der Waals surface area contributed by atoms with Gasteiger partial charge in [0, 0.05) is 23.5 Å². The van der Waals surface area contributed by atoms with E-state index in [9.17, 15) is 0 Å². The molecule has 1 aromatic heterocycles. The molecule has 2 heterocycles. The molecule has 3 rings (SSSR count). The Hall–Kier alpha value is -1.07. The zero-order chi connectivity index (χ0) is 13.9. The predicted molar refractivity (Wildman–Crippen MR) is 85.1 cm³/mol. The Labute approximate surface area is 125 Å². The van der Waals surface area contributed by atoms with Crippen molar-refractivity contribution in [3.63, 3.8) is 0 Å². The van der Waals surface area contributed by atoms with Gasteiger partial charge in [-0.1, -0.05) is 6.07 Å². The topological polar surface area (TPSA) is 53.6 Å². The maximum Gasteiger partial charge on any atom is 0.188 e. The van der Waals surface area contributed by atoms with Gasteiger partial charge >= 0.3 is 0 Å². The molecule has 1 aromatic rings. The molecule has 110 valence electrons. The molecule has 4 nitrogen and oxygen atoms in total. The van der Waals surface area contributed by atoms with Gasteiger partial charge in [0.1, 0.15) is 0 Å². The van der Waals surface area contributed by atoms with Gasteiger partial charge in [0.05, 0.1) is 0 Å². The van der Waals surface area contributed by atoms with Crippen LogP contribution in [0.25, 0.3) is 0 Å². The molecule has 2 atom stereocenters. The predicted octanol–water partition coefficient (Wildman–Crippen LogP) is 2.20. The number of piperidine rings is 1. The SMILES string of the molecule is CN1CCCC(CN=C(N)NC2CC2)C1c1cccs1. The molecule has 5 heteroatoms. The number of hydrogen-bond acceptors (Lipinski definition) is 3. The van der Waals surface area contributed by atoms with Gasteiger partial charge in [0.25, 0.3) is 0 Å². The van der Waals surface area contributed by atoms with Gasteiger partial charge < -0.3 is 11.1 Å². The normalized spacial score (nSPS) is 28.6. The molecule has 0 spiro atoms. The van der Waals surface area contributed by atoms with E-state index >= 15 is 0 Å². The maximum atomic E-state index is 5.96. The van der Waals surface area contributed by atoms with E-state index in [-0.39, 0.29) is 0 Å². The number of hydrogen-bond donors (Lipinski definition) is 2. The van der Waals surface area contributed by atoms with E-state index in [1.807, 2.05) is 11.3 Å². The first-order valence-corrected chi connectivity index (χ1v) is 8.42. The lowest BCUT2D eigenvalue weighted by molar-refractivity contribution is 0.128. The third kappa shape index (κ3) is 3.33. The first-order chi connectivity index (χ1) is 9.74. The van der Waals surface area contributed by atoms with E-state index in [1.165, 1.54) is 37.1 Å². The maximum absolute atomic E-state index is 5.96. The summed E-state index contributed by atoms with van der Waals surface area (Å²) in [4.78, 5) is 8.52. The Kier molecular flexibility index (Phi) is 4.27. The quantitative estimate of drug-likeness (QED) is 0.661. The molecule has 0 bridgehead atoms. The van der Waals surface area contributed by atoms with Crippen LogP contribution in [-0.4, -0.2) is 37.0 Å². The van der Waals surface area contributed by atoms with Crippen LogP contribution in [0.4, 0.5) is 0 Å². The van der Waals surface area contributed by atoms with Crippen LogP contribution >= 0.6 is 11.3 Å². The molecule has 1 saturated carbocycles. The van der Waals surface area contributed by atoms with Crippen LogP contribution in [-0.2, 0) is 0 Å². The number of rotatable bonds is 4. The number of aliphatic imine (C=N–C) groups is 1. The van der Waals surface area contributed by atoms with Gasteiger partial charge in [-0.15, -0.1) is 11.3 Å². The summed E-state index contributed by atoms with van der Waals surface area (Å²) in [5, 5.41) is 5.44. The summed E-state index contributed by atoms with van der Waals surface area (Å²) in [7, 11) is 2.23. The monoisotopic (exact) mass is 292 g/mol. The van der Waals surface area contributed by atoms with Crippen molar-refractivity contribution < 1.29 is 0 Å². The summed E-state index contributed by atoms with van der Waals surface area (Å²) >= 11 is 1.85. The number of nitrogens with one attached hydrogen (secondary N) is 1. The lowest BCUT2D eigenvalue weighted by Gasteiger charge is -2.38. The van der Waals surface area contributed by atoms with Crippen LogP contribution in [0.5, 0.6) is 0 Å². The van der Waals surface area contributed by atoms with E-state index in [1.54, 1.807) is 0 Å². The van der Waals surface area contributed by atoms with Crippen molar-refractivity contribution in [3.05, 3.63) is 22.4 Å². The molecule has 0 amide bonds. The highest BCUT2D eigenvalue weighted by Crippen LogP contribution is 2.37. The second-order valence-corrected chi connectivity index (χ2v) is 6.97. The smallest absolute Gasteiger partial charge is 0.188 e. The van der Waals surface area contributed by atoms with Gasteiger partial charge in [-0.05, 0) is 56.6 Å². The second kappa shape index (κ2) is 6.14. The minimum Gasteiger partial charge on any atom is -0.370 e. The number of guanidine groups is 1. The fourth-order valence-electron chi connectivity index (χ4n) is 3.06.